The van der Waals surface area contributed by atoms with Crippen molar-refractivity contribution in [2.24, 2.45) is 0 Å². The second kappa shape index (κ2) is 12.9. The number of halogens is 4. The smallest absolute Gasteiger partial charge is 0.178 e. The molecule has 7 rings (SSSR count). The standard InChI is InChI=1S/C35H22F4N6.Ir/c36-23-10-12-26(30(38)20-23)28-8-4-16-41-33(28)34-32(22-14-18-40-19-15-22)43-45(44(34)25-6-2-1-3-7-25)35-29(9-5-17-42-35)27-13-11-24(37)21-31(27)39;/h1-21,43H;. The fourth-order valence-corrected chi connectivity index (χ4v) is 5.32. The number of benzene rings is 3. The third kappa shape index (κ3) is 5.62. The van der Waals surface area contributed by atoms with Crippen molar-refractivity contribution in [1.29, 1.82) is 0 Å². The summed E-state index contributed by atoms with van der Waals surface area (Å²) in [5.74, 6) is -2.61. The number of hydrazine groups is 2. The molecule has 1 aliphatic rings. The zero-order valence-corrected chi connectivity index (χ0v) is 26.1. The summed E-state index contributed by atoms with van der Waals surface area (Å²) in [7, 11) is 0. The summed E-state index contributed by atoms with van der Waals surface area (Å²) in [6, 6.07) is 26.4. The van der Waals surface area contributed by atoms with E-state index in [0.717, 1.165) is 12.1 Å². The van der Waals surface area contributed by atoms with Crippen molar-refractivity contribution >= 4 is 22.9 Å². The van der Waals surface area contributed by atoms with Crippen molar-refractivity contribution < 1.29 is 37.7 Å². The fraction of sp³-hybridized carbons (Fsp3) is 0. The predicted molar refractivity (Wildman–Crippen MR) is 165 cm³/mol. The SMILES string of the molecule is Fc1ccc(-c2cccnc2C2=C(c3ccncc3)NN(c3ncccc3-c3ccc(F)cc3F)N2c2ccccc2)c(F)c1.[Ir]. The molecule has 0 spiro atoms. The largest absolute Gasteiger partial charge is 0.275 e. The number of pyridine rings is 3. The van der Waals surface area contributed by atoms with Crippen LogP contribution in [0.3, 0.4) is 0 Å². The minimum absolute atomic E-state index is 0. The molecule has 1 radical (unpaired) electrons. The van der Waals surface area contributed by atoms with Crippen molar-refractivity contribution in [3.8, 4) is 22.3 Å². The monoisotopic (exact) mass is 795 g/mol. The molecule has 0 fully saturated rings. The van der Waals surface area contributed by atoms with Gasteiger partial charge in [-0.2, -0.15) is 5.12 Å². The molecule has 46 heavy (non-hydrogen) atoms. The predicted octanol–water partition coefficient (Wildman–Crippen LogP) is 8.03. The summed E-state index contributed by atoms with van der Waals surface area (Å²) in [6.45, 7) is 0. The van der Waals surface area contributed by atoms with Gasteiger partial charge in [0.2, 0.25) is 0 Å². The van der Waals surface area contributed by atoms with Crippen molar-refractivity contribution in [3.05, 3.63) is 162 Å². The molecule has 0 saturated carbocycles. The van der Waals surface area contributed by atoms with Gasteiger partial charge < -0.3 is 0 Å². The van der Waals surface area contributed by atoms with Gasteiger partial charge in [0, 0.05) is 84.8 Å². The van der Waals surface area contributed by atoms with Gasteiger partial charge in [0.15, 0.2) is 5.82 Å². The van der Waals surface area contributed by atoms with Crippen LogP contribution in [0.15, 0.2) is 128 Å². The molecule has 0 aliphatic carbocycles. The molecule has 0 bridgehead atoms. The molecular formula is C35H22F4IrN6. The maximum Gasteiger partial charge on any atom is 0.178 e. The van der Waals surface area contributed by atoms with E-state index in [9.17, 15) is 8.78 Å². The summed E-state index contributed by atoms with van der Waals surface area (Å²) in [5.41, 5.74) is 7.31. The first-order valence-corrected chi connectivity index (χ1v) is 13.9. The third-order valence-electron chi connectivity index (χ3n) is 7.30. The van der Waals surface area contributed by atoms with Crippen molar-refractivity contribution in [2.45, 2.75) is 0 Å². The fourth-order valence-electron chi connectivity index (χ4n) is 5.32. The Bertz CT molecular complexity index is 2060. The topological polar surface area (TPSA) is 57.2 Å². The van der Waals surface area contributed by atoms with Gasteiger partial charge in [0.05, 0.1) is 17.1 Å². The average molecular weight is 795 g/mol. The van der Waals surface area contributed by atoms with Crippen molar-refractivity contribution in [2.75, 3.05) is 10.1 Å². The molecule has 3 aromatic heterocycles. The van der Waals surface area contributed by atoms with E-state index in [1.54, 1.807) is 71.3 Å². The van der Waals surface area contributed by atoms with Crippen molar-refractivity contribution in [3.63, 3.8) is 0 Å². The molecule has 229 valence electrons. The molecule has 3 aromatic carbocycles. The molecule has 1 aliphatic heterocycles. The second-order valence-corrected chi connectivity index (χ2v) is 10.1. The van der Waals surface area contributed by atoms with Crippen LogP contribution in [0.2, 0.25) is 0 Å². The normalized spacial score (nSPS) is 12.6. The van der Waals surface area contributed by atoms with E-state index in [1.165, 1.54) is 24.3 Å². The Morgan fingerprint density at radius 2 is 1.17 bits per heavy atom. The van der Waals surface area contributed by atoms with Crippen LogP contribution in [0.1, 0.15) is 11.3 Å². The Morgan fingerprint density at radius 3 is 1.83 bits per heavy atom. The van der Waals surface area contributed by atoms with E-state index in [0.29, 0.717) is 45.3 Å². The van der Waals surface area contributed by atoms with Gasteiger partial charge in [-0.05, 0) is 66.7 Å². The Balaban J connectivity index is 0.00000372. The third-order valence-corrected chi connectivity index (χ3v) is 7.30. The van der Waals surface area contributed by atoms with Gasteiger partial charge in [0.25, 0.3) is 0 Å². The van der Waals surface area contributed by atoms with Crippen LogP contribution < -0.4 is 15.6 Å². The minimum atomic E-state index is -0.754. The van der Waals surface area contributed by atoms with E-state index < -0.39 is 23.3 Å². The maximum atomic E-state index is 15.3. The summed E-state index contributed by atoms with van der Waals surface area (Å²) in [4.78, 5) is 13.5. The van der Waals surface area contributed by atoms with Gasteiger partial charge in [0.1, 0.15) is 29.0 Å². The first kappa shape index (κ1) is 30.6. The molecule has 0 atom stereocenters. The van der Waals surface area contributed by atoms with E-state index in [4.69, 9.17) is 4.98 Å². The quantitative estimate of drug-likeness (QED) is 0.173. The molecular weight excluding hydrogens is 773 g/mol. The molecule has 0 amide bonds. The molecule has 4 heterocycles. The number of nitrogens with one attached hydrogen (secondary N) is 1. The van der Waals surface area contributed by atoms with Crippen LogP contribution in [-0.2, 0) is 20.1 Å². The van der Waals surface area contributed by atoms with Crippen LogP contribution in [0.5, 0.6) is 0 Å². The Labute approximate surface area is 275 Å². The van der Waals surface area contributed by atoms with Crippen LogP contribution in [0.25, 0.3) is 33.6 Å². The van der Waals surface area contributed by atoms with Gasteiger partial charge in [-0.1, -0.05) is 24.3 Å². The second-order valence-electron chi connectivity index (χ2n) is 10.1. The molecule has 6 aromatic rings. The number of rotatable bonds is 6. The number of para-hydroxylation sites is 1. The molecule has 6 nitrogen and oxygen atoms in total. The van der Waals surface area contributed by atoms with Crippen LogP contribution in [0.4, 0.5) is 29.1 Å². The van der Waals surface area contributed by atoms with Crippen LogP contribution >= 0.6 is 0 Å². The van der Waals surface area contributed by atoms with E-state index in [1.807, 2.05) is 30.3 Å². The van der Waals surface area contributed by atoms with Gasteiger partial charge in [-0.3, -0.25) is 15.4 Å². The Morgan fingerprint density at radius 1 is 0.565 bits per heavy atom. The number of anilines is 2. The zero-order valence-electron chi connectivity index (χ0n) is 23.7. The first-order chi connectivity index (χ1) is 22.0. The van der Waals surface area contributed by atoms with Gasteiger partial charge in [-0.15, -0.1) is 0 Å². The number of aromatic nitrogens is 3. The number of nitrogens with zero attached hydrogens (tertiary/aromatic N) is 5. The van der Waals surface area contributed by atoms with Crippen molar-refractivity contribution in [1.82, 2.24) is 20.4 Å². The Kier molecular flexibility index (Phi) is 8.61. The summed E-state index contributed by atoms with van der Waals surface area (Å²) < 4.78 is 58.3. The van der Waals surface area contributed by atoms with Crippen LogP contribution in [0, 0.1) is 23.3 Å². The van der Waals surface area contributed by atoms with Gasteiger partial charge >= 0.3 is 0 Å². The summed E-state index contributed by atoms with van der Waals surface area (Å²) >= 11 is 0. The number of hydrogen-bond donors (Lipinski definition) is 1. The minimum Gasteiger partial charge on any atom is -0.275 e. The van der Waals surface area contributed by atoms with Crippen LogP contribution in [-0.4, -0.2) is 15.0 Å². The zero-order chi connectivity index (χ0) is 30.9. The molecule has 0 saturated heterocycles. The number of hydrogen-bond acceptors (Lipinski definition) is 6. The molecule has 0 unspecified atom stereocenters. The van der Waals surface area contributed by atoms with E-state index in [-0.39, 0.29) is 31.2 Å². The Hall–Kier alpha value is -5.38. The maximum absolute atomic E-state index is 15.3. The molecule has 1 N–H and O–H groups in total. The van der Waals surface area contributed by atoms with E-state index >= 15 is 8.78 Å². The summed E-state index contributed by atoms with van der Waals surface area (Å²) in [5, 5.41) is 3.44. The average Bonchev–Trinajstić information content (AvgIpc) is 3.46. The molecule has 11 heteroatoms. The van der Waals surface area contributed by atoms with E-state index in [2.05, 4.69) is 15.4 Å². The van der Waals surface area contributed by atoms with Gasteiger partial charge in [-0.25, -0.2) is 27.6 Å². The first-order valence-electron chi connectivity index (χ1n) is 13.9. The summed E-state index contributed by atoms with van der Waals surface area (Å²) in [6.07, 6.45) is 6.42.